The van der Waals surface area contributed by atoms with E-state index in [1.165, 1.54) is 6.26 Å². The fourth-order valence-corrected chi connectivity index (χ4v) is 1.57. The molecule has 0 saturated carbocycles. The molecule has 1 amide bonds. The van der Waals surface area contributed by atoms with Crippen molar-refractivity contribution in [1.82, 2.24) is 0 Å². The maximum Gasteiger partial charge on any atom is 0.519 e. The fourth-order valence-electron chi connectivity index (χ4n) is 1.57. The second kappa shape index (κ2) is 7.43. The smallest absolute Gasteiger partial charge is 0.519 e. The Labute approximate surface area is 115 Å². The lowest BCUT2D eigenvalue weighted by Gasteiger charge is -2.11. The Morgan fingerprint density at radius 3 is 2.90 bits per heavy atom. The Morgan fingerprint density at radius 2 is 2.30 bits per heavy atom. The molecule has 0 heterocycles. The average molecular weight is 276 g/mol. The molecule has 0 fully saturated rings. The molecule has 0 aromatic heterocycles. The quantitative estimate of drug-likeness (QED) is 0.335. The molecule has 0 unspecified atom stereocenters. The van der Waals surface area contributed by atoms with Crippen LogP contribution in [0.3, 0.4) is 0 Å². The molecule has 0 atom stereocenters. The second-order valence-corrected chi connectivity index (χ2v) is 3.83. The van der Waals surface area contributed by atoms with Crippen LogP contribution in [0, 0.1) is 11.5 Å². The molecule has 0 saturated heterocycles. The minimum Gasteiger partial charge on any atom is -0.565 e. The first-order chi connectivity index (χ1) is 9.58. The standard InChI is InChI=1S/C13H13N3O4/c1-9(2-5-13(18)19)11-4-3-10(16-20-7-14)6-12(11)15-8-17/h2-4,6,8,16H,5H2,1H3,(H,15,17)(H,18,19)/p+1/b9-2-. The highest BCUT2D eigenvalue weighted by molar-refractivity contribution is 5.85. The van der Waals surface area contributed by atoms with Gasteiger partial charge in [-0.3, -0.25) is 4.79 Å². The number of nitriles is 1. The Hall–Kier alpha value is -3.01. The van der Waals surface area contributed by atoms with Gasteiger partial charge in [0.15, 0.2) is 0 Å². The number of amides is 1. The number of nitrogens with one attached hydrogen (secondary N) is 2. The van der Waals surface area contributed by atoms with Crippen LogP contribution in [0.25, 0.3) is 5.57 Å². The van der Waals surface area contributed by atoms with Crippen molar-refractivity contribution in [2.75, 3.05) is 10.8 Å². The first-order valence-corrected chi connectivity index (χ1v) is 5.65. The molecule has 4 N–H and O–H groups in total. The van der Waals surface area contributed by atoms with E-state index in [9.17, 15) is 9.59 Å². The minimum absolute atomic E-state index is 0.00388. The summed E-state index contributed by atoms with van der Waals surface area (Å²) in [6.45, 7) is 1.77. The molecule has 20 heavy (non-hydrogen) atoms. The first-order valence-electron chi connectivity index (χ1n) is 5.65. The van der Waals surface area contributed by atoms with Crippen molar-refractivity contribution >= 4 is 29.3 Å². The lowest BCUT2D eigenvalue weighted by Crippen LogP contribution is -2.01. The zero-order valence-electron chi connectivity index (χ0n) is 10.8. The number of nitrogens with zero attached hydrogens (tertiary/aromatic N) is 1. The summed E-state index contributed by atoms with van der Waals surface area (Å²) >= 11 is 0. The van der Waals surface area contributed by atoms with Crippen LogP contribution >= 0.6 is 0 Å². The van der Waals surface area contributed by atoms with Crippen LogP contribution in [0.2, 0.25) is 0 Å². The number of hydrogen-bond acceptors (Lipinski definition) is 5. The van der Waals surface area contributed by atoms with Crippen LogP contribution in [-0.2, 0) is 14.4 Å². The van der Waals surface area contributed by atoms with Gasteiger partial charge in [0.2, 0.25) is 6.41 Å². The maximum atomic E-state index is 10.7. The number of carbonyl (C=O) groups is 2. The van der Waals surface area contributed by atoms with Gasteiger partial charge in [0.1, 0.15) is 6.42 Å². The van der Waals surface area contributed by atoms with Crippen molar-refractivity contribution in [2.45, 2.75) is 13.3 Å². The molecule has 0 spiro atoms. The van der Waals surface area contributed by atoms with Crippen molar-refractivity contribution in [3.8, 4) is 6.26 Å². The van der Waals surface area contributed by atoms with Crippen LogP contribution in [0.1, 0.15) is 18.9 Å². The van der Waals surface area contributed by atoms with Crippen LogP contribution in [-0.4, -0.2) is 17.5 Å². The Kier molecular flexibility index (Phi) is 5.59. The third kappa shape index (κ3) is 4.34. The summed E-state index contributed by atoms with van der Waals surface area (Å²) in [7, 11) is 0. The lowest BCUT2D eigenvalue weighted by atomic mass is 10.0. The van der Waals surface area contributed by atoms with Crippen molar-refractivity contribution in [3.05, 3.63) is 29.8 Å². The molecule has 1 aromatic carbocycles. The number of allylic oxidation sites excluding steroid dienone is 1. The van der Waals surface area contributed by atoms with E-state index in [2.05, 4.69) is 15.6 Å². The lowest BCUT2D eigenvalue weighted by molar-refractivity contribution is -0.136. The average Bonchev–Trinajstić information content (AvgIpc) is 2.43. The van der Waals surface area contributed by atoms with Gasteiger partial charge in [-0.15, -0.1) is 5.26 Å². The van der Waals surface area contributed by atoms with Gasteiger partial charge in [0.05, 0.1) is 11.4 Å². The first kappa shape index (κ1) is 15.0. The van der Waals surface area contributed by atoms with Crippen LogP contribution in [0.5, 0.6) is 0 Å². The van der Waals surface area contributed by atoms with Gasteiger partial charge in [0.25, 0.3) is 0 Å². The van der Waals surface area contributed by atoms with E-state index in [4.69, 9.17) is 10.4 Å². The van der Waals surface area contributed by atoms with Gasteiger partial charge in [-0.2, -0.15) is 0 Å². The molecular weight excluding hydrogens is 262 g/mol. The molecule has 0 aliphatic heterocycles. The number of anilines is 2. The van der Waals surface area contributed by atoms with E-state index in [-0.39, 0.29) is 6.42 Å². The number of hydrogen-bond donors (Lipinski definition) is 2. The van der Waals surface area contributed by atoms with E-state index in [1.54, 1.807) is 31.2 Å². The Balaban J connectivity index is 3.06. The highest BCUT2D eigenvalue weighted by Crippen LogP contribution is 2.27. The molecule has 1 aromatic rings. The number of benzene rings is 1. The van der Waals surface area contributed by atoms with Gasteiger partial charge < -0.3 is 15.3 Å². The van der Waals surface area contributed by atoms with Crippen molar-refractivity contribution < 1.29 is 19.5 Å². The van der Waals surface area contributed by atoms with Gasteiger partial charge in [0, 0.05) is 10.4 Å². The molecule has 104 valence electrons. The molecule has 0 aliphatic rings. The summed E-state index contributed by atoms with van der Waals surface area (Å²) in [5.74, 6) is -0.685. The largest absolute Gasteiger partial charge is 0.565 e. The highest BCUT2D eigenvalue weighted by atomic mass is 16.6. The Bertz CT molecular complexity index is 575. The SMILES string of the molecule is C/C(=C/CC(=O)[OH2+])c1ccc(NOC#N)cc1NC=O. The van der Waals surface area contributed by atoms with Gasteiger partial charge in [-0.05, 0) is 24.6 Å². The van der Waals surface area contributed by atoms with E-state index < -0.39 is 5.97 Å². The summed E-state index contributed by atoms with van der Waals surface area (Å²) in [5.41, 5.74) is 4.84. The van der Waals surface area contributed by atoms with Crippen LogP contribution < -0.4 is 10.8 Å². The summed E-state index contributed by atoms with van der Waals surface area (Å²) in [4.78, 5) is 25.7. The van der Waals surface area contributed by atoms with E-state index in [1.807, 2.05) is 0 Å². The number of rotatable bonds is 7. The zero-order chi connectivity index (χ0) is 15.0. The van der Waals surface area contributed by atoms with E-state index >= 15 is 0 Å². The third-order valence-corrected chi connectivity index (χ3v) is 2.47. The number of carbonyl (C=O) groups excluding carboxylic acids is 2. The fraction of sp³-hybridized carbons (Fsp3) is 0.154. The topological polar surface area (TPSA) is 114 Å². The maximum absolute atomic E-state index is 10.7. The summed E-state index contributed by atoms with van der Waals surface area (Å²) in [5, 5.41) is 17.7. The molecular formula is C13H14N3O4+. The predicted octanol–water partition coefficient (Wildman–Crippen LogP) is 1.12. The van der Waals surface area contributed by atoms with Crippen LogP contribution in [0.4, 0.5) is 11.4 Å². The summed E-state index contributed by atoms with van der Waals surface area (Å²) < 4.78 is 0. The van der Waals surface area contributed by atoms with Crippen molar-refractivity contribution in [3.63, 3.8) is 0 Å². The predicted molar refractivity (Wildman–Crippen MR) is 73.3 cm³/mol. The highest BCUT2D eigenvalue weighted by Gasteiger charge is 2.08. The van der Waals surface area contributed by atoms with Crippen molar-refractivity contribution in [1.29, 1.82) is 5.26 Å². The van der Waals surface area contributed by atoms with Crippen molar-refractivity contribution in [2.24, 2.45) is 0 Å². The second-order valence-electron chi connectivity index (χ2n) is 3.83. The normalized spacial score (nSPS) is 10.3. The monoisotopic (exact) mass is 276 g/mol. The molecule has 7 nitrogen and oxygen atoms in total. The molecule has 1 rings (SSSR count). The molecule has 0 aliphatic carbocycles. The van der Waals surface area contributed by atoms with E-state index in [0.29, 0.717) is 23.3 Å². The third-order valence-electron chi connectivity index (χ3n) is 2.47. The Morgan fingerprint density at radius 1 is 1.55 bits per heavy atom. The van der Waals surface area contributed by atoms with Gasteiger partial charge in [-0.25, -0.2) is 5.48 Å². The molecule has 0 radical (unpaired) electrons. The molecule has 0 bridgehead atoms. The molecule has 7 heteroatoms. The summed E-state index contributed by atoms with van der Waals surface area (Å²) in [6, 6.07) is 4.94. The summed E-state index contributed by atoms with van der Waals surface area (Å²) in [6.07, 6.45) is 3.61. The van der Waals surface area contributed by atoms with Crippen LogP contribution in [0.15, 0.2) is 24.3 Å². The van der Waals surface area contributed by atoms with E-state index in [0.717, 1.165) is 5.57 Å². The zero-order valence-corrected chi connectivity index (χ0v) is 10.8. The van der Waals surface area contributed by atoms with Gasteiger partial charge >= 0.3 is 12.2 Å². The minimum atomic E-state index is -0.685. The van der Waals surface area contributed by atoms with Gasteiger partial charge in [-0.1, -0.05) is 12.1 Å².